The molecule has 12 heteroatoms. The summed E-state index contributed by atoms with van der Waals surface area (Å²) in [5, 5.41) is -1.28. The number of carbonyl (C=O) groups is 2. The minimum atomic E-state index is -3.36. The van der Waals surface area contributed by atoms with Crippen molar-refractivity contribution >= 4 is 45.6 Å². The third-order valence-corrected chi connectivity index (χ3v) is 4.47. The zero-order valence-corrected chi connectivity index (χ0v) is 19.2. The third kappa shape index (κ3) is 10.5. The Labute approximate surface area is 198 Å². The number of rotatable bonds is 3. The molecule has 0 aliphatic carbocycles. The zero-order chi connectivity index (χ0) is 22.9. The van der Waals surface area contributed by atoms with Gasteiger partial charge in [-0.25, -0.2) is 13.4 Å². The summed E-state index contributed by atoms with van der Waals surface area (Å²) >= 11 is 6.21. The Balaban J connectivity index is 0. The summed E-state index contributed by atoms with van der Waals surface area (Å²) < 4.78 is 29.8. The molecule has 3 aromatic rings. The Morgan fingerprint density at radius 1 is 0.938 bits per heavy atom. The smallest absolute Gasteiger partial charge is 0.273 e. The minimum Gasteiger partial charge on any atom is -0.440 e. The van der Waals surface area contributed by atoms with E-state index in [1.54, 1.807) is 31.2 Å². The molecule has 0 saturated heterocycles. The lowest BCUT2D eigenvalue weighted by Gasteiger charge is -2.07. The molecule has 2 amide bonds. The third-order valence-electron chi connectivity index (χ3n) is 3.31. The Morgan fingerprint density at radius 2 is 1.38 bits per heavy atom. The van der Waals surface area contributed by atoms with Gasteiger partial charge in [-0.05, 0) is 12.1 Å². The highest BCUT2D eigenvalue weighted by molar-refractivity contribution is 7.96. The summed E-state index contributed by atoms with van der Waals surface area (Å²) in [7, 11) is -3.36. The number of aromatic nitrogens is 1. The van der Waals surface area contributed by atoms with Gasteiger partial charge in [-0.15, -0.1) is 0 Å². The predicted octanol–water partition coefficient (Wildman–Crippen LogP) is 3.52. The van der Waals surface area contributed by atoms with Crippen LogP contribution in [0.4, 0.5) is 9.59 Å². The van der Waals surface area contributed by atoms with Gasteiger partial charge in [0.05, 0.1) is 4.90 Å². The van der Waals surface area contributed by atoms with Crippen molar-refractivity contribution in [3.63, 3.8) is 0 Å². The number of primary amides is 2. The number of hydrogen-bond acceptors (Lipinski definition) is 6. The number of oxazole rings is 1. The molecule has 6 N–H and O–H groups in total. The summed E-state index contributed by atoms with van der Waals surface area (Å²) in [5.41, 5.74) is 10.7. The number of aryl methyl sites for hydroxylation is 1. The number of sulfone groups is 1. The first-order valence-corrected chi connectivity index (χ1v) is 11.0. The van der Waals surface area contributed by atoms with Crippen molar-refractivity contribution in [3.8, 4) is 22.6 Å². The first-order valence-electron chi connectivity index (χ1n) is 8.22. The molecule has 0 spiro atoms. The molecule has 0 aliphatic heterocycles. The van der Waals surface area contributed by atoms with Gasteiger partial charge in [0.15, 0.2) is 21.5 Å². The monoisotopic (exact) mass is 501 g/mol. The fourth-order valence-electron chi connectivity index (χ4n) is 2.38. The molecule has 176 valence electrons. The topological polar surface area (TPSA) is 178 Å². The van der Waals surface area contributed by atoms with E-state index in [-0.39, 0.29) is 17.8 Å². The summed E-state index contributed by atoms with van der Waals surface area (Å²) in [4.78, 5) is 22.8. The van der Waals surface area contributed by atoms with Crippen molar-refractivity contribution in [2.45, 2.75) is 19.2 Å². The average molecular weight is 502 g/mol. The quantitative estimate of drug-likeness (QED) is 0.399. The molecule has 1 aromatic heterocycles. The van der Waals surface area contributed by atoms with Crippen LogP contribution in [0.2, 0.25) is 0 Å². The van der Waals surface area contributed by atoms with Crippen molar-refractivity contribution in [1.29, 1.82) is 0 Å². The molecule has 3 rings (SSSR count). The van der Waals surface area contributed by atoms with E-state index < -0.39 is 20.3 Å². The van der Waals surface area contributed by atoms with Crippen LogP contribution in [-0.4, -0.2) is 35.6 Å². The molecule has 0 saturated carbocycles. The van der Waals surface area contributed by atoms with E-state index in [2.05, 4.69) is 41.7 Å². The van der Waals surface area contributed by atoms with Crippen molar-refractivity contribution in [2.24, 2.45) is 11.5 Å². The Kier molecular flexibility index (Phi) is 14.0. The number of amides is 2. The van der Waals surface area contributed by atoms with Gasteiger partial charge in [0.25, 0.3) is 10.5 Å². The van der Waals surface area contributed by atoms with Crippen LogP contribution in [-0.2, 0) is 9.84 Å². The molecular weight excluding hydrogens is 474 g/mol. The zero-order valence-electron chi connectivity index (χ0n) is 16.6. The van der Waals surface area contributed by atoms with E-state index in [1.807, 2.05) is 30.3 Å². The van der Waals surface area contributed by atoms with Crippen LogP contribution in [0.5, 0.6) is 0 Å². The first-order chi connectivity index (χ1) is 13.9. The van der Waals surface area contributed by atoms with Crippen molar-refractivity contribution in [1.82, 2.24) is 4.98 Å². The van der Waals surface area contributed by atoms with Gasteiger partial charge in [-0.1, -0.05) is 75.1 Å². The standard InChI is InChI=1S/C17H15NO3S.2CH3NOS.CH4.H2O/c1-12-18-16(13-8-4-3-5-9-13)17(21-12)14-10-6-7-11-15(14)22(2,19)20;2*2-1(3)4;;/h3-11H,1-2H3;2*(H3,2,3,4);1H4;1H2. The van der Waals surface area contributed by atoms with Crippen LogP contribution in [0.3, 0.4) is 0 Å². The number of hydrogen-bond donors (Lipinski definition) is 4. The predicted molar refractivity (Wildman–Crippen MR) is 133 cm³/mol. The fourth-order valence-corrected chi connectivity index (χ4v) is 3.26. The Morgan fingerprint density at radius 3 is 1.84 bits per heavy atom. The lowest BCUT2D eigenvalue weighted by molar-refractivity contribution is 0.266. The second-order valence-electron chi connectivity index (χ2n) is 5.72. The van der Waals surface area contributed by atoms with E-state index in [0.29, 0.717) is 22.9 Å². The number of carbonyl (C=O) groups excluding carboxylic acids is 2. The van der Waals surface area contributed by atoms with Crippen LogP contribution in [0.15, 0.2) is 63.9 Å². The minimum absolute atomic E-state index is 0. The molecule has 0 bridgehead atoms. The van der Waals surface area contributed by atoms with Crippen LogP contribution >= 0.6 is 25.3 Å². The molecule has 32 heavy (non-hydrogen) atoms. The van der Waals surface area contributed by atoms with Crippen molar-refractivity contribution in [2.75, 3.05) is 6.26 Å². The number of thiol groups is 2. The van der Waals surface area contributed by atoms with Gasteiger partial charge in [-0.3, -0.25) is 9.59 Å². The molecule has 0 radical (unpaired) electrons. The largest absolute Gasteiger partial charge is 0.440 e. The molecule has 0 unspecified atom stereocenters. The van der Waals surface area contributed by atoms with Crippen LogP contribution < -0.4 is 11.5 Å². The molecule has 1 heterocycles. The Hall–Kier alpha value is -2.80. The van der Waals surface area contributed by atoms with Gasteiger partial charge < -0.3 is 21.4 Å². The number of benzene rings is 2. The van der Waals surface area contributed by atoms with Gasteiger partial charge in [0.1, 0.15) is 5.69 Å². The maximum Gasteiger partial charge on any atom is 0.273 e. The second kappa shape index (κ2) is 14.3. The summed E-state index contributed by atoms with van der Waals surface area (Å²) in [6, 6.07) is 16.4. The number of nitrogens with zero attached hydrogens (tertiary/aromatic N) is 1. The van der Waals surface area contributed by atoms with Crippen molar-refractivity contribution < 1.29 is 27.9 Å². The lowest BCUT2D eigenvalue weighted by atomic mass is 10.1. The van der Waals surface area contributed by atoms with Crippen LogP contribution in [0.1, 0.15) is 13.3 Å². The summed E-state index contributed by atoms with van der Waals surface area (Å²) in [6.45, 7) is 1.75. The second-order valence-corrected chi connectivity index (χ2v) is 8.59. The molecule has 0 atom stereocenters. The first kappa shape index (κ1) is 31.4. The molecule has 9 nitrogen and oxygen atoms in total. The maximum absolute atomic E-state index is 12.0. The van der Waals surface area contributed by atoms with Gasteiger partial charge in [-0.2, -0.15) is 0 Å². The van der Waals surface area contributed by atoms with Gasteiger partial charge in [0.2, 0.25) is 0 Å². The van der Waals surface area contributed by atoms with E-state index in [4.69, 9.17) is 14.0 Å². The summed E-state index contributed by atoms with van der Waals surface area (Å²) in [5.74, 6) is 0.974. The van der Waals surface area contributed by atoms with E-state index in [1.165, 1.54) is 6.26 Å². The highest BCUT2D eigenvalue weighted by atomic mass is 32.2. The lowest BCUT2D eigenvalue weighted by Crippen LogP contribution is -1.99. The molecular formula is C20H27N3O6S3. The van der Waals surface area contributed by atoms with Crippen LogP contribution in [0.25, 0.3) is 22.6 Å². The average Bonchev–Trinajstić information content (AvgIpc) is 3.02. The molecule has 0 fully saturated rings. The maximum atomic E-state index is 12.0. The van der Waals surface area contributed by atoms with Crippen LogP contribution in [0, 0.1) is 6.92 Å². The van der Waals surface area contributed by atoms with Gasteiger partial charge in [0, 0.05) is 24.3 Å². The van der Waals surface area contributed by atoms with E-state index in [0.717, 1.165) is 5.56 Å². The number of nitrogens with two attached hydrogens (primary N) is 2. The molecule has 2 aromatic carbocycles. The van der Waals surface area contributed by atoms with Gasteiger partial charge >= 0.3 is 0 Å². The van der Waals surface area contributed by atoms with E-state index in [9.17, 15) is 8.42 Å². The van der Waals surface area contributed by atoms with E-state index >= 15 is 0 Å². The normalized spacial score (nSPS) is 9.50. The highest BCUT2D eigenvalue weighted by Crippen LogP contribution is 2.35. The fraction of sp³-hybridized carbons (Fsp3) is 0.150. The highest BCUT2D eigenvalue weighted by Gasteiger charge is 2.21. The summed E-state index contributed by atoms with van der Waals surface area (Å²) in [6.07, 6.45) is 1.19. The molecule has 0 aliphatic rings. The van der Waals surface area contributed by atoms with Crippen molar-refractivity contribution in [3.05, 3.63) is 60.5 Å². The SMILES string of the molecule is C.Cc1nc(-c2ccccc2)c(-c2ccccc2S(C)(=O)=O)o1.NC(=O)S.NC(=O)S.O. The Bertz CT molecular complexity index is 1100.